The van der Waals surface area contributed by atoms with E-state index in [-0.39, 0.29) is 0 Å². The first kappa shape index (κ1) is 17.4. The third kappa shape index (κ3) is 4.72. The lowest BCUT2D eigenvalue weighted by Gasteiger charge is -2.44. The van der Waals surface area contributed by atoms with Crippen molar-refractivity contribution in [3.8, 4) is 0 Å². The van der Waals surface area contributed by atoms with Gasteiger partial charge in [0, 0.05) is 10.8 Å². The molecule has 3 heteroatoms. The summed E-state index contributed by atoms with van der Waals surface area (Å²) >= 11 is 0. The zero-order valence-electron chi connectivity index (χ0n) is 13.3. The Morgan fingerprint density at radius 2 is 1.45 bits per heavy atom. The van der Waals surface area contributed by atoms with Crippen LogP contribution >= 0.6 is 0 Å². The van der Waals surface area contributed by atoms with Crippen LogP contribution in [-0.2, 0) is 14.2 Å². The van der Waals surface area contributed by atoms with E-state index in [0.29, 0.717) is 10.8 Å². The van der Waals surface area contributed by atoms with Crippen molar-refractivity contribution in [3.63, 3.8) is 0 Å². The third-order valence-corrected chi connectivity index (χ3v) is 4.28. The van der Waals surface area contributed by atoms with Crippen molar-refractivity contribution >= 4 is 0 Å². The molecule has 0 saturated carbocycles. The average molecular weight is 282 g/mol. The van der Waals surface area contributed by atoms with Crippen molar-refractivity contribution < 1.29 is 14.2 Å². The monoisotopic (exact) mass is 282 g/mol. The molecular weight excluding hydrogens is 252 g/mol. The van der Waals surface area contributed by atoms with Gasteiger partial charge in [-0.15, -0.1) is 0 Å². The molecule has 2 aliphatic heterocycles. The van der Waals surface area contributed by atoms with Crippen LogP contribution in [0.2, 0.25) is 0 Å². The summed E-state index contributed by atoms with van der Waals surface area (Å²) in [6.45, 7) is 15.1. The average Bonchev–Trinajstić information content (AvgIpc) is 2.37. The SMILES string of the molecule is C=CC=CC.CCC1(COCC2(CC)COC2)COC1. The second-order valence-electron chi connectivity index (χ2n) is 5.95. The van der Waals surface area contributed by atoms with Gasteiger partial charge in [-0.25, -0.2) is 0 Å². The van der Waals surface area contributed by atoms with Crippen molar-refractivity contribution in [1.82, 2.24) is 0 Å². The molecule has 116 valence electrons. The summed E-state index contributed by atoms with van der Waals surface area (Å²) in [6.07, 6.45) is 7.89. The molecule has 0 radical (unpaired) electrons. The third-order valence-electron chi connectivity index (χ3n) is 4.28. The molecule has 0 amide bonds. The Balaban J connectivity index is 0.000000347. The molecule has 2 aliphatic rings. The summed E-state index contributed by atoms with van der Waals surface area (Å²) in [5, 5.41) is 0. The zero-order valence-corrected chi connectivity index (χ0v) is 13.3. The first-order valence-electron chi connectivity index (χ1n) is 7.63. The molecule has 2 rings (SSSR count). The minimum atomic E-state index is 0.319. The second kappa shape index (κ2) is 8.60. The van der Waals surface area contributed by atoms with Gasteiger partial charge in [-0.3, -0.25) is 0 Å². The molecule has 2 fully saturated rings. The van der Waals surface area contributed by atoms with Gasteiger partial charge < -0.3 is 14.2 Å². The molecule has 0 unspecified atom stereocenters. The second-order valence-corrected chi connectivity index (χ2v) is 5.95. The Morgan fingerprint density at radius 1 is 1.00 bits per heavy atom. The molecule has 2 heterocycles. The number of allylic oxidation sites excluding steroid dienone is 3. The van der Waals surface area contributed by atoms with Crippen LogP contribution < -0.4 is 0 Å². The first-order chi connectivity index (χ1) is 9.66. The molecule has 0 aliphatic carbocycles. The first-order valence-corrected chi connectivity index (χ1v) is 7.63. The molecule has 0 atom stereocenters. The molecule has 0 aromatic heterocycles. The van der Waals surface area contributed by atoms with Gasteiger partial charge >= 0.3 is 0 Å². The van der Waals surface area contributed by atoms with Crippen LogP contribution in [0.1, 0.15) is 33.6 Å². The van der Waals surface area contributed by atoms with Gasteiger partial charge in [0.15, 0.2) is 0 Å². The van der Waals surface area contributed by atoms with E-state index in [2.05, 4.69) is 20.4 Å². The van der Waals surface area contributed by atoms with Gasteiger partial charge in [0.1, 0.15) is 0 Å². The van der Waals surface area contributed by atoms with Crippen LogP contribution in [0.5, 0.6) is 0 Å². The van der Waals surface area contributed by atoms with Gasteiger partial charge in [0.25, 0.3) is 0 Å². The van der Waals surface area contributed by atoms with Crippen molar-refractivity contribution in [1.29, 1.82) is 0 Å². The standard InChI is InChI=1S/C12H22O3.C5H8/c1-3-11(5-13-6-11)9-15-10-12(4-2)7-14-8-12;1-3-5-4-2/h3-10H2,1-2H3;3-5H,1H2,2H3. The Kier molecular flexibility index (Phi) is 7.49. The summed E-state index contributed by atoms with van der Waals surface area (Å²) in [5.41, 5.74) is 0.638. The fourth-order valence-electron chi connectivity index (χ4n) is 2.18. The van der Waals surface area contributed by atoms with E-state index in [0.717, 1.165) is 52.5 Å². The van der Waals surface area contributed by atoms with E-state index in [4.69, 9.17) is 14.2 Å². The van der Waals surface area contributed by atoms with Gasteiger partial charge in [0.05, 0.1) is 39.6 Å². The number of ether oxygens (including phenoxy) is 3. The fraction of sp³-hybridized carbons (Fsp3) is 0.765. The van der Waals surface area contributed by atoms with Gasteiger partial charge in [-0.2, -0.15) is 0 Å². The van der Waals surface area contributed by atoms with Crippen molar-refractivity contribution in [3.05, 3.63) is 24.8 Å². The summed E-state index contributed by atoms with van der Waals surface area (Å²) in [6, 6.07) is 0. The van der Waals surface area contributed by atoms with Crippen molar-refractivity contribution in [2.75, 3.05) is 39.6 Å². The minimum Gasteiger partial charge on any atom is -0.380 e. The lowest BCUT2D eigenvalue weighted by atomic mass is 9.83. The van der Waals surface area contributed by atoms with E-state index in [1.165, 1.54) is 0 Å². The predicted octanol–water partition coefficient (Wildman–Crippen LogP) is 3.60. The Labute approximate surface area is 124 Å². The fourth-order valence-corrected chi connectivity index (χ4v) is 2.18. The van der Waals surface area contributed by atoms with Crippen molar-refractivity contribution in [2.45, 2.75) is 33.6 Å². The molecular formula is C17H30O3. The quantitative estimate of drug-likeness (QED) is 0.668. The summed E-state index contributed by atoms with van der Waals surface area (Å²) < 4.78 is 16.4. The maximum Gasteiger partial charge on any atom is 0.0566 e. The van der Waals surface area contributed by atoms with Crippen LogP contribution in [0, 0.1) is 10.8 Å². The number of hydrogen-bond acceptors (Lipinski definition) is 3. The Morgan fingerprint density at radius 3 is 1.60 bits per heavy atom. The largest absolute Gasteiger partial charge is 0.380 e. The topological polar surface area (TPSA) is 27.7 Å². The molecule has 0 N–H and O–H groups in total. The predicted molar refractivity (Wildman–Crippen MR) is 82.9 cm³/mol. The number of hydrogen-bond donors (Lipinski definition) is 0. The highest BCUT2D eigenvalue weighted by molar-refractivity contribution is 4.94. The van der Waals surface area contributed by atoms with Crippen molar-refractivity contribution in [2.24, 2.45) is 10.8 Å². The van der Waals surface area contributed by atoms with Crippen LogP contribution in [0.15, 0.2) is 24.8 Å². The Hall–Kier alpha value is -0.640. The van der Waals surface area contributed by atoms with E-state index < -0.39 is 0 Å². The Bertz CT molecular complexity index is 268. The summed E-state index contributed by atoms with van der Waals surface area (Å²) in [7, 11) is 0. The van der Waals surface area contributed by atoms with Crippen LogP contribution in [0.4, 0.5) is 0 Å². The lowest BCUT2D eigenvalue weighted by molar-refractivity contribution is -0.187. The maximum absolute atomic E-state index is 5.87. The highest BCUT2D eigenvalue weighted by Crippen LogP contribution is 2.35. The number of rotatable bonds is 7. The van der Waals surface area contributed by atoms with E-state index in [1.807, 2.05) is 19.1 Å². The molecule has 3 nitrogen and oxygen atoms in total. The van der Waals surface area contributed by atoms with E-state index in [9.17, 15) is 0 Å². The minimum absolute atomic E-state index is 0.319. The highest BCUT2D eigenvalue weighted by atomic mass is 16.5. The van der Waals surface area contributed by atoms with Crippen LogP contribution in [0.25, 0.3) is 0 Å². The molecule has 0 spiro atoms. The summed E-state index contributed by atoms with van der Waals surface area (Å²) in [5.74, 6) is 0. The lowest BCUT2D eigenvalue weighted by Crippen LogP contribution is -2.49. The zero-order chi connectivity index (χ0) is 14.9. The van der Waals surface area contributed by atoms with E-state index >= 15 is 0 Å². The summed E-state index contributed by atoms with van der Waals surface area (Å²) in [4.78, 5) is 0. The molecule has 0 aromatic carbocycles. The normalized spacial score (nSPS) is 22.4. The molecule has 0 aromatic rings. The van der Waals surface area contributed by atoms with Gasteiger partial charge in [-0.05, 0) is 19.8 Å². The van der Waals surface area contributed by atoms with Crippen LogP contribution in [-0.4, -0.2) is 39.6 Å². The maximum atomic E-state index is 5.87. The van der Waals surface area contributed by atoms with Crippen LogP contribution in [0.3, 0.4) is 0 Å². The molecule has 20 heavy (non-hydrogen) atoms. The smallest absolute Gasteiger partial charge is 0.0566 e. The van der Waals surface area contributed by atoms with Gasteiger partial charge in [0.2, 0.25) is 0 Å². The van der Waals surface area contributed by atoms with Gasteiger partial charge in [-0.1, -0.05) is 38.7 Å². The molecule has 2 saturated heterocycles. The van der Waals surface area contributed by atoms with E-state index in [1.54, 1.807) is 6.08 Å². The highest BCUT2D eigenvalue weighted by Gasteiger charge is 2.40. The molecule has 0 bridgehead atoms.